The van der Waals surface area contributed by atoms with Crippen molar-refractivity contribution in [2.24, 2.45) is 0 Å². The Bertz CT molecular complexity index is 1090. The fraction of sp³-hybridized carbons (Fsp3) is 0.308. The van der Waals surface area contributed by atoms with E-state index in [0.717, 1.165) is 33.3 Å². The molecular weight excluding hydrogens is 413 g/mol. The van der Waals surface area contributed by atoms with Gasteiger partial charge < -0.3 is 20.1 Å². The van der Waals surface area contributed by atoms with Gasteiger partial charge >= 0.3 is 29.6 Å². The molecule has 0 aliphatic carbocycles. The quantitative estimate of drug-likeness (QED) is 0.500. The summed E-state index contributed by atoms with van der Waals surface area (Å²) in [7, 11) is 0. The molecule has 0 amide bonds. The van der Waals surface area contributed by atoms with Crippen molar-refractivity contribution in [2.45, 2.75) is 51.7 Å². The second-order valence-electron chi connectivity index (χ2n) is 8.22. The second-order valence-corrected chi connectivity index (χ2v) is 8.22. The molecule has 0 saturated carbocycles. The van der Waals surface area contributed by atoms with Crippen LogP contribution in [0.5, 0.6) is 0 Å². The minimum atomic E-state index is -1.34. The molecule has 162 valence electrons. The summed E-state index contributed by atoms with van der Waals surface area (Å²) in [5.41, 5.74) is 5.98. The molecule has 0 saturated heterocycles. The number of carboxylic acids is 1. The van der Waals surface area contributed by atoms with Gasteiger partial charge in [-0.3, -0.25) is 4.98 Å². The van der Waals surface area contributed by atoms with E-state index in [0.29, 0.717) is 0 Å². The van der Waals surface area contributed by atoms with E-state index in [1.165, 1.54) is 5.56 Å². The number of hydrogen-bond acceptors (Lipinski definition) is 5. The van der Waals surface area contributed by atoms with Gasteiger partial charge in [-0.2, -0.15) is 0 Å². The molecule has 0 aliphatic rings. The van der Waals surface area contributed by atoms with Gasteiger partial charge in [0.15, 0.2) is 0 Å². The Morgan fingerprint density at radius 2 is 1.75 bits per heavy atom. The fourth-order valence-electron chi connectivity index (χ4n) is 3.73. The predicted octanol–water partition coefficient (Wildman–Crippen LogP) is 0.603. The first-order valence-electron chi connectivity index (χ1n) is 10.5. The first-order valence-corrected chi connectivity index (χ1v) is 10.5. The molecule has 6 heteroatoms. The molecule has 3 rings (SSSR count). The summed E-state index contributed by atoms with van der Waals surface area (Å²) in [6, 6.07) is 16.3. The number of aromatic nitrogens is 1. The number of hydrogen-bond donors (Lipinski definition) is 2. The van der Waals surface area contributed by atoms with E-state index in [9.17, 15) is 20.1 Å². The zero-order valence-electron chi connectivity index (χ0n) is 19.1. The van der Waals surface area contributed by atoms with Crippen molar-refractivity contribution in [2.75, 3.05) is 0 Å². The van der Waals surface area contributed by atoms with Crippen molar-refractivity contribution in [1.29, 1.82) is 0 Å². The van der Waals surface area contributed by atoms with E-state index >= 15 is 0 Å². The summed E-state index contributed by atoms with van der Waals surface area (Å²) in [6.45, 7) is 6.20. The second kappa shape index (κ2) is 11.7. The Balaban J connectivity index is 0.00000363. The van der Waals surface area contributed by atoms with E-state index in [4.69, 9.17) is 4.98 Å². The van der Waals surface area contributed by atoms with Gasteiger partial charge in [0.2, 0.25) is 0 Å². The van der Waals surface area contributed by atoms with Gasteiger partial charge in [-0.05, 0) is 24.5 Å². The Hall–Kier alpha value is -2.02. The van der Waals surface area contributed by atoms with Crippen LogP contribution in [0.4, 0.5) is 0 Å². The van der Waals surface area contributed by atoms with E-state index < -0.39 is 24.6 Å². The molecule has 2 unspecified atom stereocenters. The third-order valence-electron chi connectivity index (χ3n) is 5.25. The third kappa shape index (κ3) is 6.50. The van der Waals surface area contributed by atoms with Crippen molar-refractivity contribution in [3.05, 3.63) is 71.4 Å². The molecule has 2 N–H and O–H groups in total. The molecule has 0 spiro atoms. The van der Waals surface area contributed by atoms with Crippen LogP contribution in [-0.2, 0) is 4.79 Å². The van der Waals surface area contributed by atoms with E-state index in [2.05, 4.69) is 38.1 Å². The summed E-state index contributed by atoms with van der Waals surface area (Å²) < 4.78 is 0. The summed E-state index contributed by atoms with van der Waals surface area (Å²) in [5.74, 6) is -1.19. The number of aryl methyl sites for hydroxylation is 1. The molecule has 32 heavy (non-hydrogen) atoms. The largest absolute Gasteiger partial charge is 1.00 e. The van der Waals surface area contributed by atoms with Gasteiger partial charge in [-0.25, -0.2) is 0 Å². The maximum Gasteiger partial charge on any atom is 1.00 e. The topological polar surface area (TPSA) is 93.5 Å². The van der Waals surface area contributed by atoms with E-state index in [1.54, 1.807) is 6.08 Å². The van der Waals surface area contributed by atoms with Crippen LogP contribution in [0.15, 0.2) is 54.6 Å². The van der Waals surface area contributed by atoms with E-state index in [-0.39, 0.29) is 41.9 Å². The maximum atomic E-state index is 10.7. The molecular formula is C26H28NNaO4. The first kappa shape index (κ1) is 26.2. The number of carboxylic acid groups (broad SMARTS) is 1. The van der Waals surface area contributed by atoms with Gasteiger partial charge in [0.05, 0.1) is 23.4 Å². The van der Waals surface area contributed by atoms with Crippen LogP contribution >= 0.6 is 0 Å². The number of aliphatic hydroxyl groups is 2. The average molecular weight is 442 g/mol. The van der Waals surface area contributed by atoms with Gasteiger partial charge in [-0.1, -0.05) is 74.0 Å². The number of para-hydroxylation sites is 1. The number of fused-ring (bicyclic) bond motifs is 1. The molecule has 1 heterocycles. The van der Waals surface area contributed by atoms with Crippen molar-refractivity contribution in [3.8, 4) is 11.1 Å². The number of aliphatic carboxylic acids is 1. The van der Waals surface area contributed by atoms with Crippen LogP contribution in [0.1, 0.15) is 49.4 Å². The molecule has 0 aliphatic heterocycles. The zero-order valence-corrected chi connectivity index (χ0v) is 21.1. The predicted molar refractivity (Wildman–Crippen MR) is 121 cm³/mol. The monoisotopic (exact) mass is 441 g/mol. The molecule has 1 aromatic heterocycles. The van der Waals surface area contributed by atoms with Gasteiger partial charge in [0.25, 0.3) is 0 Å². The SMILES string of the molecule is Cc1ccc(-c2c(/C=C/C(O)CC(O)CC(=O)[O-])c(C(C)C)nc3ccccc23)cc1.[Na+]. The Kier molecular flexibility index (Phi) is 9.62. The molecule has 3 aromatic rings. The molecule has 2 atom stereocenters. The number of benzene rings is 2. The number of rotatable bonds is 8. The number of pyridine rings is 1. The third-order valence-corrected chi connectivity index (χ3v) is 5.25. The van der Waals surface area contributed by atoms with Crippen molar-refractivity contribution >= 4 is 22.9 Å². The minimum Gasteiger partial charge on any atom is -0.550 e. The van der Waals surface area contributed by atoms with Gasteiger partial charge in [-0.15, -0.1) is 0 Å². The molecule has 2 aromatic carbocycles. The molecule has 0 radical (unpaired) electrons. The number of carbonyl (C=O) groups excluding carboxylic acids is 1. The zero-order chi connectivity index (χ0) is 22.5. The van der Waals surface area contributed by atoms with E-state index in [1.807, 2.05) is 37.3 Å². The number of carbonyl (C=O) groups is 1. The minimum absolute atomic E-state index is 0. The summed E-state index contributed by atoms with van der Waals surface area (Å²) >= 11 is 0. The Labute approximate surface area is 211 Å². The smallest absolute Gasteiger partial charge is 0.550 e. The Morgan fingerprint density at radius 1 is 1.09 bits per heavy atom. The average Bonchev–Trinajstić information content (AvgIpc) is 2.71. The van der Waals surface area contributed by atoms with Crippen LogP contribution in [-0.4, -0.2) is 33.4 Å². The fourth-order valence-corrected chi connectivity index (χ4v) is 3.73. The van der Waals surface area contributed by atoms with Crippen LogP contribution in [0.3, 0.4) is 0 Å². The molecule has 5 nitrogen and oxygen atoms in total. The normalized spacial score (nSPS) is 13.3. The van der Waals surface area contributed by atoms with Crippen molar-refractivity contribution < 1.29 is 49.7 Å². The Morgan fingerprint density at radius 3 is 2.38 bits per heavy atom. The van der Waals surface area contributed by atoms with Crippen LogP contribution in [0, 0.1) is 6.92 Å². The number of nitrogens with zero attached hydrogens (tertiary/aromatic N) is 1. The number of aliphatic hydroxyl groups excluding tert-OH is 2. The van der Waals surface area contributed by atoms with Gasteiger partial charge in [0.1, 0.15) is 0 Å². The van der Waals surface area contributed by atoms with Gasteiger partial charge in [0, 0.05) is 35.3 Å². The summed E-state index contributed by atoms with van der Waals surface area (Å²) in [6.07, 6.45) is 0.678. The molecule has 0 fully saturated rings. The standard InChI is InChI=1S/C26H29NO4.Na/c1-16(2)26-22(13-12-19(28)14-20(29)15-24(30)31)25(18-10-8-17(3)9-11-18)21-6-4-5-7-23(21)27-26;/h4-13,16,19-20,28-29H,14-15H2,1-3H3,(H,30,31);/q;+1/p-1/b13-12+;. The maximum absolute atomic E-state index is 10.7. The summed E-state index contributed by atoms with van der Waals surface area (Å²) in [4.78, 5) is 15.5. The van der Waals surface area contributed by atoms with Crippen LogP contribution < -0.4 is 34.7 Å². The van der Waals surface area contributed by atoms with Crippen molar-refractivity contribution in [1.82, 2.24) is 4.98 Å². The summed E-state index contributed by atoms with van der Waals surface area (Å²) in [5, 5.41) is 31.8. The first-order chi connectivity index (χ1) is 14.8. The molecule has 0 bridgehead atoms. The van der Waals surface area contributed by atoms with Crippen molar-refractivity contribution in [3.63, 3.8) is 0 Å². The van der Waals surface area contributed by atoms with Crippen LogP contribution in [0.2, 0.25) is 0 Å². The van der Waals surface area contributed by atoms with Crippen LogP contribution in [0.25, 0.3) is 28.1 Å².